The Hall–Kier alpha value is -4.27. The summed E-state index contributed by atoms with van der Waals surface area (Å²) < 4.78 is 31.9. The van der Waals surface area contributed by atoms with Gasteiger partial charge in [0.25, 0.3) is 11.8 Å². The number of alkyl carbamates (subject to hydrolysis) is 1. The van der Waals surface area contributed by atoms with Crippen LogP contribution in [0.3, 0.4) is 0 Å². The number of hydrogen-bond acceptors (Lipinski definition) is 4. The van der Waals surface area contributed by atoms with Crippen LogP contribution in [0.25, 0.3) is 11.1 Å². The maximum absolute atomic E-state index is 13.7. The van der Waals surface area contributed by atoms with E-state index in [1.165, 1.54) is 17.9 Å². The zero-order valence-corrected chi connectivity index (χ0v) is 19.0. The highest BCUT2D eigenvalue weighted by Crippen LogP contribution is 2.39. The lowest BCUT2D eigenvalue weighted by Gasteiger charge is -2.24. The summed E-state index contributed by atoms with van der Waals surface area (Å²) in [5, 5.41) is 5.01. The van der Waals surface area contributed by atoms with Crippen LogP contribution >= 0.6 is 0 Å². The highest BCUT2D eigenvalue weighted by Gasteiger charge is 2.34. The Morgan fingerprint density at radius 3 is 2.46 bits per heavy atom. The standard InChI is InChI=1S/C26H23F2N3O4/c1-15(35-26(34)29-14-16-11-12-17(27)13-21(16)28)24(32)30-23-20-9-4-3-7-18(20)19-8-5-6-10-22(19)31(2)25(23)33/h3-13,15,23H,14H2,1-2H3,(H,29,34)(H,30,32)/t15?,23-/m0/s1. The van der Waals surface area contributed by atoms with E-state index in [4.69, 9.17) is 4.74 Å². The molecule has 0 radical (unpaired) electrons. The summed E-state index contributed by atoms with van der Waals surface area (Å²) in [6.45, 7) is 1.11. The number of anilines is 1. The number of rotatable bonds is 5. The predicted molar refractivity (Wildman–Crippen MR) is 125 cm³/mol. The fourth-order valence-corrected chi connectivity index (χ4v) is 3.92. The molecule has 2 atom stereocenters. The molecule has 0 aliphatic carbocycles. The minimum absolute atomic E-state index is 0.0590. The van der Waals surface area contributed by atoms with Crippen LogP contribution in [0.2, 0.25) is 0 Å². The van der Waals surface area contributed by atoms with Crippen LogP contribution in [0.15, 0.2) is 66.7 Å². The van der Waals surface area contributed by atoms with E-state index < -0.39 is 35.8 Å². The normalized spacial score (nSPS) is 15.4. The first-order chi connectivity index (χ1) is 16.8. The van der Waals surface area contributed by atoms with Gasteiger partial charge in [0.1, 0.15) is 17.7 Å². The zero-order valence-electron chi connectivity index (χ0n) is 19.0. The quantitative estimate of drug-likeness (QED) is 0.577. The van der Waals surface area contributed by atoms with E-state index in [1.54, 1.807) is 19.2 Å². The van der Waals surface area contributed by atoms with Crippen LogP contribution in [0, 0.1) is 11.6 Å². The van der Waals surface area contributed by atoms with Gasteiger partial charge in [-0.2, -0.15) is 0 Å². The van der Waals surface area contributed by atoms with Crippen molar-refractivity contribution in [3.8, 4) is 11.1 Å². The Balaban J connectivity index is 1.46. The fourth-order valence-electron chi connectivity index (χ4n) is 3.92. The lowest BCUT2D eigenvalue weighted by Crippen LogP contribution is -2.45. The number of hydrogen-bond donors (Lipinski definition) is 2. The molecule has 0 bridgehead atoms. The lowest BCUT2D eigenvalue weighted by molar-refractivity contribution is -0.132. The van der Waals surface area contributed by atoms with Gasteiger partial charge in [0, 0.05) is 30.8 Å². The zero-order chi connectivity index (χ0) is 25.1. The summed E-state index contributed by atoms with van der Waals surface area (Å²) in [5.41, 5.74) is 3.04. The van der Waals surface area contributed by atoms with E-state index in [2.05, 4.69) is 10.6 Å². The number of benzene rings is 3. The highest BCUT2D eigenvalue weighted by atomic mass is 19.1. The van der Waals surface area contributed by atoms with Gasteiger partial charge in [0.2, 0.25) is 0 Å². The molecule has 1 heterocycles. The third-order valence-corrected chi connectivity index (χ3v) is 5.78. The molecule has 0 spiro atoms. The third kappa shape index (κ3) is 4.98. The minimum Gasteiger partial charge on any atom is -0.436 e. The van der Waals surface area contributed by atoms with Gasteiger partial charge < -0.3 is 20.3 Å². The second-order valence-electron chi connectivity index (χ2n) is 8.08. The number of para-hydroxylation sites is 1. The lowest BCUT2D eigenvalue weighted by atomic mass is 9.95. The van der Waals surface area contributed by atoms with Gasteiger partial charge in [-0.25, -0.2) is 13.6 Å². The Bertz CT molecular complexity index is 1300. The molecule has 3 aromatic rings. The third-order valence-electron chi connectivity index (χ3n) is 5.78. The molecule has 3 amide bonds. The van der Waals surface area contributed by atoms with Gasteiger partial charge in [0.05, 0.1) is 5.69 Å². The van der Waals surface area contributed by atoms with Crippen molar-refractivity contribution >= 4 is 23.6 Å². The number of fused-ring (bicyclic) bond motifs is 3. The van der Waals surface area contributed by atoms with Crippen molar-refractivity contribution in [1.29, 1.82) is 0 Å². The molecular weight excluding hydrogens is 456 g/mol. The molecule has 0 saturated heterocycles. The number of ether oxygens (including phenoxy) is 1. The Kier molecular flexibility index (Phi) is 6.77. The monoisotopic (exact) mass is 479 g/mol. The molecule has 2 N–H and O–H groups in total. The van der Waals surface area contributed by atoms with Crippen LogP contribution in [-0.4, -0.2) is 31.1 Å². The Labute approximate surface area is 200 Å². The molecule has 180 valence electrons. The predicted octanol–water partition coefficient (Wildman–Crippen LogP) is 4.08. The van der Waals surface area contributed by atoms with Gasteiger partial charge in [-0.05, 0) is 30.2 Å². The van der Waals surface area contributed by atoms with Gasteiger partial charge >= 0.3 is 6.09 Å². The average molecular weight is 479 g/mol. The topological polar surface area (TPSA) is 87.7 Å². The summed E-state index contributed by atoms with van der Waals surface area (Å²) >= 11 is 0. The number of nitrogens with one attached hydrogen (secondary N) is 2. The van der Waals surface area contributed by atoms with E-state index in [-0.39, 0.29) is 18.0 Å². The molecule has 0 aromatic heterocycles. The van der Waals surface area contributed by atoms with E-state index in [0.29, 0.717) is 17.3 Å². The minimum atomic E-state index is -1.25. The molecule has 1 unspecified atom stereocenters. The highest BCUT2D eigenvalue weighted by molar-refractivity contribution is 6.06. The van der Waals surface area contributed by atoms with Crippen molar-refractivity contribution in [2.24, 2.45) is 0 Å². The van der Waals surface area contributed by atoms with E-state index in [1.807, 2.05) is 36.4 Å². The van der Waals surface area contributed by atoms with Gasteiger partial charge in [-0.1, -0.05) is 48.5 Å². The van der Waals surface area contributed by atoms with Crippen molar-refractivity contribution in [2.45, 2.75) is 25.6 Å². The van der Waals surface area contributed by atoms with Crippen LogP contribution in [0.1, 0.15) is 24.1 Å². The number of halogens is 2. The van der Waals surface area contributed by atoms with E-state index in [9.17, 15) is 23.2 Å². The number of likely N-dealkylation sites (N-methyl/N-ethyl adjacent to an activating group) is 1. The smallest absolute Gasteiger partial charge is 0.408 e. The summed E-state index contributed by atoms with van der Waals surface area (Å²) in [6.07, 6.45) is -2.21. The molecular formula is C26H23F2N3O4. The van der Waals surface area contributed by atoms with Crippen molar-refractivity contribution in [1.82, 2.24) is 10.6 Å². The van der Waals surface area contributed by atoms with Crippen LogP contribution in [-0.2, 0) is 20.9 Å². The van der Waals surface area contributed by atoms with Crippen molar-refractivity contribution < 1.29 is 27.9 Å². The van der Waals surface area contributed by atoms with E-state index in [0.717, 1.165) is 17.2 Å². The summed E-state index contributed by atoms with van der Waals surface area (Å²) in [7, 11) is 1.63. The maximum Gasteiger partial charge on any atom is 0.408 e. The van der Waals surface area contributed by atoms with Crippen LogP contribution in [0.5, 0.6) is 0 Å². The summed E-state index contributed by atoms with van der Waals surface area (Å²) in [4.78, 5) is 39.8. The molecule has 1 aliphatic rings. The molecule has 0 fully saturated rings. The summed E-state index contributed by atoms with van der Waals surface area (Å²) in [5.74, 6) is -2.57. The molecule has 1 aliphatic heterocycles. The van der Waals surface area contributed by atoms with Crippen molar-refractivity contribution in [3.05, 3.63) is 89.5 Å². The molecule has 7 nitrogen and oxygen atoms in total. The Morgan fingerprint density at radius 1 is 1.03 bits per heavy atom. The number of carbonyl (C=O) groups is 3. The van der Waals surface area contributed by atoms with Gasteiger partial charge in [-0.3, -0.25) is 9.59 Å². The maximum atomic E-state index is 13.7. The number of carbonyl (C=O) groups excluding carboxylic acids is 3. The fraction of sp³-hybridized carbons (Fsp3) is 0.192. The first kappa shape index (κ1) is 23.9. The van der Waals surface area contributed by atoms with Gasteiger partial charge in [0.15, 0.2) is 6.10 Å². The van der Waals surface area contributed by atoms with Crippen molar-refractivity contribution in [2.75, 3.05) is 11.9 Å². The number of amides is 3. The van der Waals surface area contributed by atoms with Crippen LogP contribution < -0.4 is 15.5 Å². The first-order valence-corrected chi connectivity index (χ1v) is 10.9. The second kappa shape index (κ2) is 9.92. The van der Waals surface area contributed by atoms with E-state index >= 15 is 0 Å². The average Bonchev–Trinajstić information content (AvgIpc) is 2.93. The first-order valence-electron chi connectivity index (χ1n) is 10.9. The Morgan fingerprint density at radius 2 is 1.71 bits per heavy atom. The SMILES string of the molecule is CC(OC(=O)NCc1ccc(F)cc1F)C(=O)N[C@@H]1C(=O)N(C)c2ccccc2-c2ccccc21. The molecule has 35 heavy (non-hydrogen) atoms. The van der Waals surface area contributed by atoms with Gasteiger partial charge in [-0.15, -0.1) is 0 Å². The molecule has 4 rings (SSSR count). The summed E-state index contributed by atoms with van der Waals surface area (Å²) in [6, 6.07) is 16.7. The molecule has 0 saturated carbocycles. The molecule has 3 aromatic carbocycles. The van der Waals surface area contributed by atoms with Crippen LogP contribution in [0.4, 0.5) is 19.3 Å². The largest absolute Gasteiger partial charge is 0.436 e. The molecule has 9 heteroatoms. The number of nitrogens with zero attached hydrogens (tertiary/aromatic N) is 1. The van der Waals surface area contributed by atoms with Crippen molar-refractivity contribution in [3.63, 3.8) is 0 Å². The second-order valence-corrected chi connectivity index (χ2v) is 8.08.